The summed E-state index contributed by atoms with van der Waals surface area (Å²) in [4.78, 5) is 47.3. The van der Waals surface area contributed by atoms with E-state index in [2.05, 4.69) is 42.2 Å². The van der Waals surface area contributed by atoms with E-state index in [4.69, 9.17) is 19.1 Å². The van der Waals surface area contributed by atoms with Crippen LogP contribution in [0.3, 0.4) is 0 Å². The average Bonchev–Trinajstić information content (AvgIpc) is 3.55. The first-order valence-corrected chi connectivity index (χ1v) is 23.5. The Bertz CT molecular complexity index is 3230. The predicted molar refractivity (Wildman–Crippen MR) is 238 cm³/mol. The second-order valence-corrected chi connectivity index (χ2v) is 20.5. The molecule has 10 rings (SSSR count). The van der Waals surface area contributed by atoms with E-state index in [1.807, 2.05) is 17.6 Å². The van der Waals surface area contributed by atoms with E-state index in [1.54, 1.807) is 79.1 Å². The molecule has 1 saturated heterocycles. The molecule has 0 bridgehead atoms. The number of rotatable bonds is 9. The number of aromatic nitrogens is 7. The van der Waals surface area contributed by atoms with Crippen LogP contribution in [0.5, 0.6) is 0 Å². The van der Waals surface area contributed by atoms with Crippen LogP contribution in [0.15, 0.2) is 92.1 Å². The normalized spacial score (nSPS) is 20.0. The number of aromatic amines is 1. The molecule has 17 heteroatoms. The molecule has 0 spiro atoms. The number of H-pyrrole nitrogens is 1. The van der Waals surface area contributed by atoms with E-state index in [0.717, 1.165) is 23.7 Å². The van der Waals surface area contributed by atoms with Crippen LogP contribution in [-0.2, 0) is 26.4 Å². The fourth-order valence-corrected chi connectivity index (χ4v) is 10.9. The molecule has 1 aliphatic carbocycles. The SMILES string of the molecule is CC[S@@](=N)(=O)c1ccc(-n2ccn(-c3c4c(nn3-c3cc(C)c(F)c(C)c3)CCN(C(=O)c3cc5cc([C@H]6CCOC(C)(C)C6)ccc5n3C3(c5noc(=O)[nH]5)CC3)[C@H]4C)c2=O)cc1. The van der Waals surface area contributed by atoms with Gasteiger partial charge in [0.2, 0.25) is 0 Å². The Morgan fingerprint density at radius 1 is 1.00 bits per heavy atom. The first-order chi connectivity index (χ1) is 30.5. The lowest BCUT2D eigenvalue weighted by atomic mass is 9.83. The van der Waals surface area contributed by atoms with Crippen LogP contribution in [0.4, 0.5) is 4.39 Å². The van der Waals surface area contributed by atoms with Crippen molar-refractivity contribution in [3.8, 4) is 17.2 Å². The van der Waals surface area contributed by atoms with Gasteiger partial charge in [-0.2, -0.15) is 5.10 Å². The Balaban J connectivity index is 1.10. The van der Waals surface area contributed by atoms with Gasteiger partial charge in [0.25, 0.3) is 5.91 Å². The van der Waals surface area contributed by atoms with E-state index >= 15 is 9.18 Å². The van der Waals surface area contributed by atoms with Crippen molar-refractivity contribution < 1.29 is 22.7 Å². The van der Waals surface area contributed by atoms with Crippen molar-refractivity contribution in [3.63, 3.8) is 0 Å². The van der Waals surface area contributed by atoms with E-state index in [-0.39, 0.29) is 29.0 Å². The van der Waals surface area contributed by atoms with Crippen molar-refractivity contribution in [3.05, 3.63) is 139 Å². The van der Waals surface area contributed by atoms with E-state index in [0.29, 0.717) is 88.4 Å². The molecule has 1 saturated carbocycles. The average molecular weight is 888 g/mol. The number of aryl methyl sites for hydroxylation is 2. The van der Waals surface area contributed by atoms with E-state index < -0.39 is 32.8 Å². The summed E-state index contributed by atoms with van der Waals surface area (Å²) in [5, 5.41) is 10.1. The zero-order valence-electron chi connectivity index (χ0n) is 36.6. The number of ether oxygens (including phenoxy) is 1. The molecule has 7 aromatic rings. The van der Waals surface area contributed by atoms with Crippen molar-refractivity contribution in [2.75, 3.05) is 18.9 Å². The second-order valence-electron chi connectivity index (χ2n) is 18.1. The van der Waals surface area contributed by atoms with Gasteiger partial charge in [-0.05, 0) is 138 Å². The third-order valence-electron chi connectivity index (χ3n) is 13.5. The van der Waals surface area contributed by atoms with Crippen molar-refractivity contribution in [1.29, 1.82) is 4.78 Å². The highest BCUT2D eigenvalue weighted by Gasteiger charge is 2.52. The Hall–Kier alpha value is -6.33. The number of halogens is 1. The van der Waals surface area contributed by atoms with Crippen LogP contribution in [0.25, 0.3) is 28.1 Å². The smallest absolute Gasteiger partial charge is 0.376 e. The highest BCUT2D eigenvalue weighted by molar-refractivity contribution is 7.92. The van der Waals surface area contributed by atoms with Gasteiger partial charge < -0.3 is 14.2 Å². The van der Waals surface area contributed by atoms with Crippen molar-refractivity contribution in [2.45, 2.75) is 102 Å². The number of carbonyl (C=O) groups excluding carboxylic acids is 1. The minimum atomic E-state index is -2.96. The van der Waals surface area contributed by atoms with Crippen LogP contribution >= 0.6 is 0 Å². The summed E-state index contributed by atoms with van der Waals surface area (Å²) >= 11 is 0. The lowest BCUT2D eigenvalue weighted by molar-refractivity contribution is -0.0592. The number of imidazole rings is 1. The number of benzene rings is 3. The first-order valence-electron chi connectivity index (χ1n) is 21.7. The quantitative estimate of drug-likeness (QED) is 0.149. The maximum Gasteiger partial charge on any atom is 0.438 e. The Morgan fingerprint density at radius 2 is 1.72 bits per heavy atom. The fourth-order valence-electron chi connectivity index (χ4n) is 10.0. The number of amides is 1. The van der Waals surface area contributed by atoms with Gasteiger partial charge in [0, 0.05) is 59.1 Å². The zero-order valence-corrected chi connectivity index (χ0v) is 37.4. The fraction of sp³-hybridized carbons (Fsp3) is 0.383. The molecule has 64 heavy (non-hydrogen) atoms. The van der Waals surface area contributed by atoms with Crippen LogP contribution in [-0.4, -0.2) is 73.1 Å². The molecule has 4 aromatic heterocycles. The summed E-state index contributed by atoms with van der Waals surface area (Å²) in [7, 11) is -2.96. The maximum atomic E-state index is 15.4. The molecule has 3 aromatic carbocycles. The number of carbonyl (C=O) groups is 1. The molecule has 6 heterocycles. The minimum Gasteiger partial charge on any atom is -0.376 e. The maximum absolute atomic E-state index is 15.4. The molecule has 2 aliphatic heterocycles. The van der Waals surface area contributed by atoms with Crippen molar-refractivity contribution in [2.24, 2.45) is 0 Å². The summed E-state index contributed by atoms with van der Waals surface area (Å²) in [5.74, 6) is -0.0228. The second kappa shape index (κ2) is 14.9. The summed E-state index contributed by atoms with van der Waals surface area (Å²) in [6.45, 7) is 12.2. The number of hydrogen-bond acceptors (Lipinski definition) is 9. The molecule has 3 atom stereocenters. The zero-order chi connectivity index (χ0) is 45.0. The van der Waals surface area contributed by atoms with Crippen LogP contribution in [0.1, 0.15) is 110 Å². The minimum absolute atomic E-state index is 0.166. The molecule has 0 radical (unpaired) electrons. The van der Waals surface area contributed by atoms with Gasteiger partial charge in [0.1, 0.15) is 22.9 Å². The van der Waals surface area contributed by atoms with Crippen LogP contribution in [0, 0.1) is 24.4 Å². The van der Waals surface area contributed by atoms with Gasteiger partial charge in [-0.15, -0.1) is 0 Å². The van der Waals surface area contributed by atoms with Crippen molar-refractivity contribution in [1.82, 2.24) is 38.5 Å². The Labute approximate surface area is 368 Å². The third kappa shape index (κ3) is 6.69. The molecule has 2 fully saturated rings. The summed E-state index contributed by atoms with van der Waals surface area (Å²) in [5.41, 5.74) is 4.22. The van der Waals surface area contributed by atoms with Gasteiger partial charge in [-0.1, -0.05) is 18.1 Å². The van der Waals surface area contributed by atoms with Gasteiger partial charge >= 0.3 is 11.4 Å². The van der Waals surface area contributed by atoms with Crippen LogP contribution in [0.2, 0.25) is 0 Å². The van der Waals surface area contributed by atoms with Gasteiger partial charge in [-0.25, -0.2) is 27.6 Å². The molecule has 2 N–H and O–H groups in total. The lowest BCUT2D eigenvalue weighted by Gasteiger charge is -2.35. The Kier molecular flexibility index (Phi) is 9.68. The van der Waals surface area contributed by atoms with E-state index in [9.17, 15) is 13.8 Å². The molecule has 3 aliphatic rings. The molecule has 332 valence electrons. The number of hydrogen-bond donors (Lipinski definition) is 2. The molecule has 0 unspecified atom stereocenters. The van der Waals surface area contributed by atoms with Crippen LogP contribution < -0.4 is 11.4 Å². The molecule has 1 amide bonds. The monoisotopic (exact) mass is 887 g/mol. The molecule has 15 nitrogen and oxygen atoms in total. The lowest BCUT2D eigenvalue weighted by Crippen LogP contribution is -2.41. The molecular weight excluding hydrogens is 838 g/mol. The summed E-state index contributed by atoms with van der Waals surface area (Å²) in [6.07, 6.45) is 6.66. The van der Waals surface area contributed by atoms with Gasteiger partial charge in [-0.3, -0.25) is 23.4 Å². The van der Waals surface area contributed by atoms with E-state index in [1.165, 1.54) is 14.7 Å². The highest BCUT2D eigenvalue weighted by atomic mass is 32.2. The number of nitrogens with one attached hydrogen (secondary N) is 2. The first kappa shape index (κ1) is 41.7. The largest absolute Gasteiger partial charge is 0.438 e. The standard InChI is InChI=1S/C47H50FN9O6S/c1-7-64(49,61)35-11-9-33(10-12-35)54-19-20-55(45(54)60)41-39-29(4)53(18-14-36(39)51-57(41)34-22-27(2)40(48)28(3)23-34)42(58)38-25-32-24-30(31-15-21-62-46(5,6)26-31)8-13-37(32)56(38)47(16-17-47)43-50-44(59)63-52-43/h8-13,19-20,22-25,29,31,49H,7,14-18,21,26H2,1-6H3,(H,50,52,59)/t29-,31-,64+/m0/s1. The predicted octanol–water partition coefficient (Wildman–Crippen LogP) is 7.60. The van der Waals surface area contributed by atoms with Gasteiger partial charge in [0.05, 0.1) is 38.4 Å². The highest BCUT2D eigenvalue weighted by Crippen LogP contribution is 2.51. The third-order valence-corrected chi connectivity index (χ3v) is 15.4. The summed E-state index contributed by atoms with van der Waals surface area (Å²) < 4.78 is 53.8. The topological polar surface area (TPSA) is 179 Å². The number of fused-ring (bicyclic) bond motifs is 2. The van der Waals surface area contributed by atoms with Gasteiger partial charge in [0.15, 0.2) is 5.82 Å². The van der Waals surface area contributed by atoms with Crippen molar-refractivity contribution >= 4 is 26.5 Å². The summed E-state index contributed by atoms with van der Waals surface area (Å²) in [6, 6.07) is 17.7. The molecular formula is C47H50FN9O6S. The number of nitrogens with zero attached hydrogens (tertiary/aromatic N) is 7. The Morgan fingerprint density at radius 3 is 2.38 bits per heavy atom.